The molecule has 2 aromatic rings. The van der Waals surface area contributed by atoms with Crippen LogP contribution in [0.3, 0.4) is 0 Å². The number of nitrogens with one attached hydrogen (secondary N) is 1. The van der Waals surface area contributed by atoms with Gasteiger partial charge in [-0.3, -0.25) is 0 Å². The van der Waals surface area contributed by atoms with Crippen molar-refractivity contribution in [2.45, 2.75) is 42.4 Å². The van der Waals surface area contributed by atoms with Gasteiger partial charge in [0.1, 0.15) is 17.2 Å². The predicted molar refractivity (Wildman–Crippen MR) is 71.2 cm³/mol. The van der Waals surface area contributed by atoms with Crippen molar-refractivity contribution in [3.8, 4) is 0 Å². The van der Waals surface area contributed by atoms with Gasteiger partial charge in [-0.15, -0.1) is 5.10 Å². The monoisotopic (exact) mass is 277 g/mol. The zero-order chi connectivity index (χ0) is 13.2. The summed E-state index contributed by atoms with van der Waals surface area (Å²) in [7, 11) is 1.87. The molecule has 1 aliphatic rings. The highest BCUT2D eigenvalue weighted by atomic mass is 32.2. The predicted octanol–water partition coefficient (Wildman–Crippen LogP) is 1.55. The Morgan fingerprint density at radius 3 is 2.95 bits per heavy atom. The fourth-order valence-corrected chi connectivity index (χ4v) is 2.90. The Bertz CT molecular complexity index is 578. The Morgan fingerprint density at radius 1 is 1.42 bits per heavy atom. The maximum absolute atomic E-state index is 4.36. The van der Waals surface area contributed by atoms with E-state index < -0.39 is 0 Å². The van der Waals surface area contributed by atoms with Crippen molar-refractivity contribution in [2.75, 3.05) is 12.4 Å². The molecule has 19 heavy (non-hydrogen) atoms. The fourth-order valence-electron chi connectivity index (χ4n) is 1.91. The van der Waals surface area contributed by atoms with Crippen molar-refractivity contribution in [3.63, 3.8) is 0 Å². The van der Waals surface area contributed by atoms with Crippen molar-refractivity contribution in [1.29, 1.82) is 0 Å². The highest BCUT2D eigenvalue weighted by Gasteiger charge is 2.28. The summed E-state index contributed by atoms with van der Waals surface area (Å²) in [4.78, 5) is 8.59. The van der Waals surface area contributed by atoms with E-state index in [2.05, 4.69) is 37.7 Å². The fraction of sp³-hybridized carbons (Fsp3) is 0.545. The average Bonchev–Trinajstić information content (AvgIpc) is 3.19. The maximum atomic E-state index is 4.36. The van der Waals surface area contributed by atoms with Gasteiger partial charge in [0, 0.05) is 12.6 Å². The van der Waals surface area contributed by atoms with E-state index in [9.17, 15) is 0 Å². The first kappa shape index (κ1) is 12.3. The SMILES string of the molecule is CCc1c(NC)ncnc1Sc1nnnn1C1CC1. The largest absolute Gasteiger partial charge is 0.373 e. The van der Waals surface area contributed by atoms with Crippen LogP contribution in [-0.2, 0) is 6.42 Å². The van der Waals surface area contributed by atoms with Gasteiger partial charge in [-0.05, 0) is 41.5 Å². The molecule has 1 N–H and O–H groups in total. The smallest absolute Gasteiger partial charge is 0.215 e. The molecule has 0 atom stereocenters. The molecule has 1 aliphatic carbocycles. The van der Waals surface area contributed by atoms with Crippen LogP contribution in [0.2, 0.25) is 0 Å². The van der Waals surface area contributed by atoms with Gasteiger partial charge < -0.3 is 5.32 Å². The minimum absolute atomic E-state index is 0.466. The number of rotatable bonds is 5. The van der Waals surface area contributed by atoms with Gasteiger partial charge in [0.05, 0.1) is 6.04 Å². The van der Waals surface area contributed by atoms with E-state index >= 15 is 0 Å². The molecule has 1 fully saturated rings. The quantitative estimate of drug-likeness (QED) is 0.830. The molecule has 0 unspecified atom stereocenters. The summed E-state index contributed by atoms with van der Waals surface area (Å²) in [6.07, 6.45) is 4.75. The molecule has 8 heteroatoms. The number of nitrogens with zero attached hydrogens (tertiary/aromatic N) is 6. The lowest BCUT2D eigenvalue weighted by molar-refractivity contribution is 0.565. The van der Waals surface area contributed by atoms with Crippen LogP contribution in [0.1, 0.15) is 31.4 Å². The minimum Gasteiger partial charge on any atom is -0.373 e. The van der Waals surface area contributed by atoms with Crippen LogP contribution in [0, 0.1) is 0 Å². The average molecular weight is 277 g/mol. The molecule has 0 spiro atoms. The summed E-state index contributed by atoms with van der Waals surface area (Å²) in [5, 5.41) is 16.7. The molecule has 0 aromatic carbocycles. The standard InChI is InChI=1S/C11H15N7S/c1-3-8-9(12-2)13-6-14-10(8)19-11-15-16-17-18(11)7-4-5-7/h6-7H,3-5H2,1-2H3,(H,12,13,14). The third kappa shape index (κ3) is 2.40. The normalized spacial score (nSPS) is 14.6. The Labute approximate surface area is 115 Å². The lowest BCUT2D eigenvalue weighted by Gasteiger charge is -2.10. The number of aromatic nitrogens is 6. The van der Waals surface area contributed by atoms with Gasteiger partial charge >= 0.3 is 0 Å². The van der Waals surface area contributed by atoms with E-state index in [1.807, 2.05) is 11.7 Å². The second-order valence-electron chi connectivity index (χ2n) is 4.35. The van der Waals surface area contributed by atoms with Crippen LogP contribution in [0.5, 0.6) is 0 Å². The van der Waals surface area contributed by atoms with Crippen molar-refractivity contribution < 1.29 is 0 Å². The van der Waals surface area contributed by atoms with Crippen LogP contribution in [0.4, 0.5) is 5.82 Å². The molecule has 2 aromatic heterocycles. The molecule has 0 saturated heterocycles. The summed E-state index contributed by atoms with van der Waals surface area (Å²) >= 11 is 1.51. The molecule has 0 aliphatic heterocycles. The number of tetrazole rings is 1. The third-order valence-corrected chi connectivity index (χ3v) is 4.04. The van der Waals surface area contributed by atoms with E-state index in [0.29, 0.717) is 6.04 Å². The maximum Gasteiger partial charge on any atom is 0.215 e. The molecule has 1 saturated carbocycles. The van der Waals surface area contributed by atoms with Crippen molar-refractivity contribution in [3.05, 3.63) is 11.9 Å². The molecule has 100 valence electrons. The Morgan fingerprint density at radius 2 is 2.26 bits per heavy atom. The molecule has 0 amide bonds. The molecule has 3 rings (SSSR count). The van der Waals surface area contributed by atoms with E-state index in [-0.39, 0.29) is 0 Å². The first-order valence-corrected chi connectivity index (χ1v) is 7.12. The van der Waals surface area contributed by atoms with E-state index in [1.54, 1.807) is 6.33 Å². The van der Waals surface area contributed by atoms with Gasteiger partial charge in [0.2, 0.25) is 5.16 Å². The van der Waals surface area contributed by atoms with Crippen molar-refractivity contribution in [2.24, 2.45) is 0 Å². The molecular weight excluding hydrogens is 262 g/mol. The molecule has 0 radical (unpaired) electrons. The van der Waals surface area contributed by atoms with Gasteiger partial charge in [-0.25, -0.2) is 14.6 Å². The van der Waals surface area contributed by atoms with Crippen LogP contribution < -0.4 is 5.32 Å². The van der Waals surface area contributed by atoms with Crippen LogP contribution in [-0.4, -0.2) is 37.2 Å². The van der Waals surface area contributed by atoms with Gasteiger partial charge in [-0.2, -0.15) is 0 Å². The highest BCUT2D eigenvalue weighted by Crippen LogP contribution is 2.38. The van der Waals surface area contributed by atoms with E-state index in [4.69, 9.17) is 0 Å². The minimum atomic E-state index is 0.466. The second kappa shape index (κ2) is 5.12. The summed E-state index contributed by atoms with van der Waals surface area (Å²) in [6, 6.07) is 0.466. The lowest BCUT2D eigenvalue weighted by Crippen LogP contribution is -2.03. The molecule has 7 nitrogen and oxygen atoms in total. The first-order valence-electron chi connectivity index (χ1n) is 6.30. The van der Waals surface area contributed by atoms with Gasteiger partial charge in [-0.1, -0.05) is 6.92 Å². The van der Waals surface area contributed by atoms with Crippen molar-refractivity contribution in [1.82, 2.24) is 30.2 Å². The van der Waals surface area contributed by atoms with Gasteiger partial charge in [0.15, 0.2) is 0 Å². The van der Waals surface area contributed by atoms with E-state index in [0.717, 1.165) is 40.8 Å². The van der Waals surface area contributed by atoms with Crippen LogP contribution in [0.15, 0.2) is 16.5 Å². The Hall–Kier alpha value is -1.70. The number of hydrogen-bond acceptors (Lipinski definition) is 7. The summed E-state index contributed by atoms with van der Waals surface area (Å²) in [5.41, 5.74) is 1.10. The Kier molecular flexibility index (Phi) is 3.33. The first-order chi connectivity index (χ1) is 9.33. The molecule has 0 bridgehead atoms. The highest BCUT2D eigenvalue weighted by molar-refractivity contribution is 7.99. The number of anilines is 1. The lowest BCUT2D eigenvalue weighted by atomic mass is 10.2. The summed E-state index contributed by atoms with van der Waals surface area (Å²) in [6.45, 7) is 2.09. The molecular formula is C11H15N7S. The van der Waals surface area contributed by atoms with E-state index in [1.165, 1.54) is 11.8 Å². The Balaban J connectivity index is 1.92. The summed E-state index contributed by atoms with van der Waals surface area (Å²) in [5.74, 6) is 0.866. The zero-order valence-corrected chi connectivity index (χ0v) is 11.7. The van der Waals surface area contributed by atoms with Gasteiger partial charge in [0.25, 0.3) is 0 Å². The van der Waals surface area contributed by atoms with Crippen LogP contribution in [0.25, 0.3) is 0 Å². The third-order valence-electron chi connectivity index (χ3n) is 3.04. The topological polar surface area (TPSA) is 81.4 Å². The second-order valence-corrected chi connectivity index (χ2v) is 5.30. The molecule has 2 heterocycles. The number of hydrogen-bond donors (Lipinski definition) is 1. The zero-order valence-electron chi connectivity index (χ0n) is 10.9. The van der Waals surface area contributed by atoms with Crippen molar-refractivity contribution >= 4 is 17.6 Å². The summed E-state index contributed by atoms with van der Waals surface area (Å²) < 4.78 is 1.89. The van der Waals surface area contributed by atoms with Crippen LogP contribution >= 0.6 is 11.8 Å².